The van der Waals surface area contributed by atoms with E-state index in [1.807, 2.05) is 0 Å². The van der Waals surface area contributed by atoms with Crippen LogP contribution in [0.15, 0.2) is 6.07 Å². The van der Waals surface area contributed by atoms with Gasteiger partial charge in [-0.2, -0.15) is 0 Å². The molecule has 25 heavy (non-hydrogen) atoms. The Hall–Kier alpha value is -2.57. The van der Waals surface area contributed by atoms with Gasteiger partial charge in [-0.3, -0.25) is 14.4 Å². The molecule has 0 N–H and O–H groups in total. The van der Waals surface area contributed by atoms with E-state index in [1.54, 1.807) is 13.8 Å². The summed E-state index contributed by atoms with van der Waals surface area (Å²) in [7, 11) is 1.42. The third-order valence-electron chi connectivity index (χ3n) is 3.96. The van der Waals surface area contributed by atoms with Crippen molar-refractivity contribution in [2.24, 2.45) is 0 Å². The Morgan fingerprint density at radius 2 is 1.80 bits per heavy atom. The van der Waals surface area contributed by atoms with Crippen molar-refractivity contribution in [1.82, 2.24) is 0 Å². The smallest absolute Gasteiger partial charge is 0.308 e. The van der Waals surface area contributed by atoms with Crippen LogP contribution in [-0.2, 0) is 20.7 Å². The Kier molecular flexibility index (Phi) is 5.06. The summed E-state index contributed by atoms with van der Waals surface area (Å²) in [5, 5.41) is 0. The van der Waals surface area contributed by atoms with Gasteiger partial charge in [0.1, 0.15) is 34.5 Å². The van der Waals surface area contributed by atoms with Crippen LogP contribution < -0.4 is 14.2 Å². The lowest BCUT2D eigenvalue weighted by molar-refractivity contribution is -0.158. The summed E-state index contributed by atoms with van der Waals surface area (Å²) in [5.41, 5.74) is -0.0509. The molecule has 1 aliphatic rings. The lowest BCUT2D eigenvalue weighted by atomic mass is 9.88. The molecule has 7 heteroatoms. The van der Waals surface area contributed by atoms with Gasteiger partial charge in [-0.1, -0.05) is 0 Å². The fraction of sp³-hybridized carbons (Fsp3) is 0.500. The molecular weight excluding hydrogens is 328 g/mol. The molecule has 0 saturated carbocycles. The average molecular weight is 350 g/mol. The summed E-state index contributed by atoms with van der Waals surface area (Å²) in [6.07, 6.45) is -0.239. The van der Waals surface area contributed by atoms with Gasteiger partial charge in [0.05, 0.1) is 7.11 Å². The third-order valence-corrected chi connectivity index (χ3v) is 3.96. The number of carbonyl (C=O) groups is 3. The van der Waals surface area contributed by atoms with Crippen LogP contribution in [0.3, 0.4) is 0 Å². The molecule has 0 spiro atoms. The maximum atomic E-state index is 12.1. The minimum Gasteiger partial charge on any atom is -0.495 e. The van der Waals surface area contributed by atoms with Gasteiger partial charge in [0.2, 0.25) is 0 Å². The average Bonchev–Trinajstić information content (AvgIpc) is 2.45. The highest BCUT2D eigenvalue weighted by Crippen LogP contribution is 2.45. The predicted molar refractivity (Wildman–Crippen MR) is 88.3 cm³/mol. The summed E-state index contributed by atoms with van der Waals surface area (Å²) in [5.74, 6) is -0.535. The van der Waals surface area contributed by atoms with E-state index >= 15 is 0 Å². The number of ether oxygens (including phenoxy) is 4. The van der Waals surface area contributed by atoms with Crippen molar-refractivity contribution in [2.45, 2.75) is 52.7 Å². The number of ketones is 1. The van der Waals surface area contributed by atoms with E-state index in [0.717, 1.165) is 0 Å². The number of fused-ring (bicyclic) bond motifs is 1. The van der Waals surface area contributed by atoms with Gasteiger partial charge in [-0.05, 0) is 20.8 Å². The zero-order valence-electron chi connectivity index (χ0n) is 15.2. The van der Waals surface area contributed by atoms with Crippen LogP contribution in [-0.4, -0.2) is 36.5 Å². The van der Waals surface area contributed by atoms with Gasteiger partial charge in [0.15, 0.2) is 5.78 Å². The largest absolute Gasteiger partial charge is 0.495 e. The summed E-state index contributed by atoms with van der Waals surface area (Å²) in [6.45, 7) is 7.51. The minimum absolute atomic E-state index is 0.0809. The van der Waals surface area contributed by atoms with Crippen molar-refractivity contribution in [3.05, 3.63) is 17.2 Å². The van der Waals surface area contributed by atoms with Gasteiger partial charge in [-0.25, -0.2) is 0 Å². The highest BCUT2D eigenvalue weighted by Gasteiger charge is 2.42. The predicted octanol–water partition coefficient (Wildman–Crippen LogP) is 2.47. The molecule has 0 bridgehead atoms. The van der Waals surface area contributed by atoms with Crippen LogP contribution in [0, 0.1) is 0 Å². The van der Waals surface area contributed by atoms with Gasteiger partial charge in [-0.15, -0.1) is 0 Å². The molecule has 1 aromatic rings. The molecule has 0 saturated heterocycles. The highest BCUT2D eigenvalue weighted by molar-refractivity contribution is 6.01. The molecule has 7 nitrogen and oxygen atoms in total. The maximum absolute atomic E-state index is 12.1. The number of hydrogen-bond acceptors (Lipinski definition) is 7. The van der Waals surface area contributed by atoms with Crippen molar-refractivity contribution < 1.29 is 33.3 Å². The van der Waals surface area contributed by atoms with Gasteiger partial charge in [0.25, 0.3) is 0 Å². The van der Waals surface area contributed by atoms with Crippen molar-refractivity contribution in [3.63, 3.8) is 0 Å². The fourth-order valence-corrected chi connectivity index (χ4v) is 2.90. The summed E-state index contributed by atoms with van der Waals surface area (Å²) >= 11 is 0. The molecule has 0 aliphatic carbocycles. The van der Waals surface area contributed by atoms with Crippen LogP contribution >= 0.6 is 0 Å². The first-order chi connectivity index (χ1) is 11.6. The van der Waals surface area contributed by atoms with Gasteiger partial charge < -0.3 is 18.9 Å². The fourth-order valence-electron chi connectivity index (χ4n) is 2.90. The lowest BCUT2D eigenvalue weighted by Crippen LogP contribution is -2.48. The van der Waals surface area contributed by atoms with Crippen LogP contribution in [0.1, 0.15) is 50.5 Å². The van der Waals surface area contributed by atoms with Gasteiger partial charge >= 0.3 is 11.9 Å². The second-order valence-corrected chi connectivity index (χ2v) is 6.42. The number of benzene rings is 1. The molecule has 0 fully saturated rings. The zero-order valence-corrected chi connectivity index (χ0v) is 15.2. The van der Waals surface area contributed by atoms with E-state index in [-0.39, 0.29) is 22.8 Å². The number of esters is 2. The standard InChI is InChI=1S/C18H22O7/c1-9(19)16-14(23-10(2)20)8-13-12(17(16)22-6)7-15(24-11(3)21)18(4,5)25-13/h8,15H,7H2,1-6H3. The van der Waals surface area contributed by atoms with Crippen molar-refractivity contribution >= 4 is 17.7 Å². The number of rotatable bonds is 4. The second-order valence-electron chi connectivity index (χ2n) is 6.42. The second kappa shape index (κ2) is 6.74. The first-order valence-electron chi connectivity index (χ1n) is 7.86. The van der Waals surface area contributed by atoms with Crippen molar-refractivity contribution in [1.29, 1.82) is 0 Å². The number of carbonyl (C=O) groups excluding carboxylic acids is 3. The van der Waals surface area contributed by atoms with E-state index in [2.05, 4.69) is 0 Å². The molecule has 0 amide bonds. The monoisotopic (exact) mass is 350 g/mol. The van der Waals surface area contributed by atoms with E-state index < -0.39 is 23.6 Å². The molecule has 0 radical (unpaired) electrons. The molecular formula is C18H22O7. The van der Waals surface area contributed by atoms with E-state index in [9.17, 15) is 14.4 Å². The third kappa shape index (κ3) is 3.75. The van der Waals surface area contributed by atoms with Crippen LogP contribution in [0.25, 0.3) is 0 Å². The van der Waals surface area contributed by atoms with Crippen molar-refractivity contribution in [3.8, 4) is 17.2 Å². The Labute approximate surface area is 146 Å². The van der Waals surface area contributed by atoms with E-state index in [1.165, 1.54) is 33.9 Å². The van der Waals surface area contributed by atoms with E-state index in [0.29, 0.717) is 17.7 Å². The molecule has 2 rings (SSSR count). The van der Waals surface area contributed by atoms with E-state index in [4.69, 9.17) is 18.9 Å². The first-order valence-corrected chi connectivity index (χ1v) is 7.86. The van der Waals surface area contributed by atoms with Gasteiger partial charge in [0, 0.05) is 31.9 Å². The molecule has 1 aliphatic heterocycles. The van der Waals surface area contributed by atoms with Crippen LogP contribution in [0.5, 0.6) is 17.2 Å². The molecule has 0 aromatic heterocycles. The molecule has 1 aromatic carbocycles. The Morgan fingerprint density at radius 1 is 1.16 bits per heavy atom. The first kappa shape index (κ1) is 18.8. The zero-order chi connectivity index (χ0) is 18.9. The summed E-state index contributed by atoms with van der Waals surface area (Å²) < 4.78 is 21.9. The Morgan fingerprint density at radius 3 is 2.28 bits per heavy atom. The SMILES string of the molecule is COc1c2c(cc(OC(C)=O)c1C(C)=O)OC(C)(C)C(OC(C)=O)C2. The Balaban J connectivity index is 2.64. The van der Waals surface area contributed by atoms with Crippen molar-refractivity contribution in [2.75, 3.05) is 7.11 Å². The summed E-state index contributed by atoms with van der Waals surface area (Å²) in [6, 6.07) is 1.50. The lowest BCUT2D eigenvalue weighted by Gasteiger charge is -2.39. The van der Waals surface area contributed by atoms with Crippen LogP contribution in [0.4, 0.5) is 0 Å². The number of Topliss-reactive ketones (excluding diaryl/α,β-unsaturated/α-hetero) is 1. The normalized spacial score (nSPS) is 17.8. The molecule has 136 valence electrons. The number of methoxy groups -OCH3 is 1. The molecule has 1 unspecified atom stereocenters. The molecule has 1 heterocycles. The quantitative estimate of drug-likeness (QED) is 0.468. The molecule has 1 atom stereocenters. The number of hydrogen-bond donors (Lipinski definition) is 0. The Bertz CT molecular complexity index is 733. The minimum atomic E-state index is -0.797. The summed E-state index contributed by atoms with van der Waals surface area (Å²) in [4.78, 5) is 34.9. The highest BCUT2D eigenvalue weighted by atomic mass is 16.6. The topological polar surface area (TPSA) is 88.1 Å². The maximum Gasteiger partial charge on any atom is 0.308 e. The van der Waals surface area contributed by atoms with Crippen LogP contribution in [0.2, 0.25) is 0 Å².